The van der Waals surface area contributed by atoms with Crippen molar-refractivity contribution in [2.75, 3.05) is 13.6 Å². The lowest BCUT2D eigenvalue weighted by Gasteiger charge is -2.36. The number of carbonyl (C=O) groups is 1. The lowest BCUT2D eigenvalue weighted by atomic mass is 9.98. The minimum Gasteiger partial charge on any atom is -0.352 e. The lowest BCUT2D eigenvalue weighted by molar-refractivity contribution is -0.123. The first-order chi connectivity index (χ1) is 8.06. The lowest BCUT2D eigenvalue weighted by Crippen LogP contribution is -2.52. The molecule has 0 spiro atoms. The standard InChI is InChI=1S/C13H25N3O/c1-9-8-12(6-7-16(9)3)14-10(2)13(17)15-11-4-5-11/h9-12,14H,4-8H2,1-3H3,(H,15,17). The Morgan fingerprint density at radius 2 is 2.00 bits per heavy atom. The summed E-state index contributed by atoms with van der Waals surface area (Å²) in [5.74, 6) is 0.166. The Morgan fingerprint density at radius 1 is 1.29 bits per heavy atom. The van der Waals surface area contributed by atoms with E-state index < -0.39 is 0 Å². The van der Waals surface area contributed by atoms with Crippen LogP contribution in [0.2, 0.25) is 0 Å². The van der Waals surface area contributed by atoms with Crippen LogP contribution in [0.25, 0.3) is 0 Å². The molecule has 2 N–H and O–H groups in total. The Balaban J connectivity index is 1.73. The second kappa shape index (κ2) is 5.36. The molecule has 0 bridgehead atoms. The zero-order valence-corrected chi connectivity index (χ0v) is 11.2. The van der Waals surface area contributed by atoms with E-state index in [0.717, 1.165) is 32.2 Å². The molecule has 1 saturated heterocycles. The molecule has 1 amide bonds. The fourth-order valence-corrected chi connectivity index (χ4v) is 2.42. The van der Waals surface area contributed by atoms with Crippen molar-refractivity contribution in [2.45, 2.75) is 63.7 Å². The third kappa shape index (κ3) is 3.68. The van der Waals surface area contributed by atoms with Gasteiger partial charge in [-0.2, -0.15) is 0 Å². The van der Waals surface area contributed by atoms with Crippen LogP contribution in [0.15, 0.2) is 0 Å². The number of hydrogen-bond acceptors (Lipinski definition) is 3. The first-order valence-electron chi connectivity index (χ1n) is 6.83. The van der Waals surface area contributed by atoms with Gasteiger partial charge in [0.1, 0.15) is 0 Å². The fourth-order valence-electron chi connectivity index (χ4n) is 2.42. The SMILES string of the molecule is CC(NC1CCN(C)C(C)C1)C(=O)NC1CC1. The van der Waals surface area contributed by atoms with Crippen LogP contribution in [-0.4, -0.2) is 48.6 Å². The molecule has 0 radical (unpaired) electrons. The summed E-state index contributed by atoms with van der Waals surface area (Å²) in [7, 11) is 2.17. The Labute approximate surface area is 104 Å². The molecule has 3 atom stereocenters. The van der Waals surface area contributed by atoms with Crippen molar-refractivity contribution in [3.63, 3.8) is 0 Å². The molecule has 0 aromatic heterocycles. The average molecular weight is 239 g/mol. The van der Waals surface area contributed by atoms with Gasteiger partial charge < -0.3 is 15.5 Å². The molecule has 98 valence electrons. The van der Waals surface area contributed by atoms with Gasteiger partial charge in [-0.05, 0) is 53.1 Å². The van der Waals surface area contributed by atoms with Gasteiger partial charge in [0.05, 0.1) is 6.04 Å². The summed E-state index contributed by atoms with van der Waals surface area (Å²) in [5, 5.41) is 6.52. The highest BCUT2D eigenvalue weighted by Crippen LogP contribution is 2.19. The molecule has 0 aromatic carbocycles. The van der Waals surface area contributed by atoms with Gasteiger partial charge in [-0.15, -0.1) is 0 Å². The maximum absolute atomic E-state index is 11.8. The zero-order chi connectivity index (χ0) is 12.4. The largest absolute Gasteiger partial charge is 0.352 e. The minimum absolute atomic E-state index is 0.0591. The van der Waals surface area contributed by atoms with Crippen LogP contribution in [-0.2, 0) is 4.79 Å². The van der Waals surface area contributed by atoms with Crippen molar-refractivity contribution in [3.8, 4) is 0 Å². The van der Waals surface area contributed by atoms with Gasteiger partial charge >= 0.3 is 0 Å². The Kier molecular flexibility index (Phi) is 4.05. The van der Waals surface area contributed by atoms with E-state index in [1.807, 2.05) is 6.92 Å². The third-order valence-electron chi connectivity index (χ3n) is 4.01. The number of hydrogen-bond donors (Lipinski definition) is 2. The van der Waals surface area contributed by atoms with Gasteiger partial charge in [-0.25, -0.2) is 0 Å². The van der Waals surface area contributed by atoms with Crippen LogP contribution in [0.4, 0.5) is 0 Å². The molecule has 4 nitrogen and oxygen atoms in total. The van der Waals surface area contributed by atoms with Crippen molar-refractivity contribution in [3.05, 3.63) is 0 Å². The summed E-state index contributed by atoms with van der Waals surface area (Å²) in [6, 6.07) is 1.50. The Morgan fingerprint density at radius 3 is 2.59 bits per heavy atom. The van der Waals surface area contributed by atoms with Crippen molar-refractivity contribution < 1.29 is 4.79 Å². The summed E-state index contributed by atoms with van der Waals surface area (Å²) >= 11 is 0. The quantitative estimate of drug-likeness (QED) is 0.760. The molecule has 17 heavy (non-hydrogen) atoms. The summed E-state index contributed by atoms with van der Waals surface area (Å²) in [5.41, 5.74) is 0. The van der Waals surface area contributed by atoms with Crippen molar-refractivity contribution in [1.82, 2.24) is 15.5 Å². The van der Waals surface area contributed by atoms with Gasteiger partial charge in [0, 0.05) is 18.1 Å². The summed E-state index contributed by atoms with van der Waals surface area (Å²) in [6.07, 6.45) is 4.59. The molecular weight excluding hydrogens is 214 g/mol. The predicted molar refractivity (Wildman–Crippen MR) is 68.9 cm³/mol. The van der Waals surface area contributed by atoms with Crippen LogP contribution in [0.1, 0.15) is 39.5 Å². The number of likely N-dealkylation sites (tertiary alicyclic amines) is 1. The van der Waals surface area contributed by atoms with E-state index in [1.165, 1.54) is 0 Å². The molecule has 0 aromatic rings. The van der Waals surface area contributed by atoms with E-state index in [0.29, 0.717) is 18.1 Å². The van der Waals surface area contributed by atoms with Crippen molar-refractivity contribution >= 4 is 5.91 Å². The van der Waals surface area contributed by atoms with Gasteiger partial charge in [-0.1, -0.05) is 0 Å². The molecule has 3 unspecified atom stereocenters. The summed E-state index contributed by atoms with van der Waals surface area (Å²) in [4.78, 5) is 14.2. The zero-order valence-electron chi connectivity index (χ0n) is 11.2. The smallest absolute Gasteiger partial charge is 0.237 e. The maximum atomic E-state index is 11.8. The number of amides is 1. The third-order valence-corrected chi connectivity index (χ3v) is 4.01. The molecule has 2 fully saturated rings. The highest BCUT2D eigenvalue weighted by molar-refractivity contribution is 5.81. The fraction of sp³-hybridized carbons (Fsp3) is 0.923. The molecule has 2 rings (SSSR count). The van der Waals surface area contributed by atoms with Gasteiger partial charge in [0.2, 0.25) is 5.91 Å². The molecule has 4 heteroatoms. The van der Waals surface area contributed by atoms with E-state index in [1.54, 1.807) is 0 Å². The van der Waals surface area contributed by atoms with Crippen LogP contribution < -0.4 is 10.6 Å². The maximum Gasteiger partial charge on any atom is 0.237 e. The van der Waals surface area contributed by atoms with Crippen LogP contribution >= 0.6 is 0 Å². The number of nitrogens with one attached hydrogen (secondary N) is 2. The average Bonchev–Trinajstić information content (AvgIpc) is 3.07. The van der Waals surface area contributed by atoms with E-state index >= 15 is 0 Å². The van der Waals surface area contributed by atoms with Crippen LogP contribution in [0.5, 0.6) is 0 Å². The first kappa shape index (κ1) is 12.8. The van der Waals surface area contributed by atoms with Gasteiger partial charge in [0.25, 0.3) is 0 Å². The van der Waals surface area contributed by atoms with Crippen LogP contribution in [0.3, 0.4) is 0 Å². The highest BCUT2D eigenvalue weighted by Gasteiger charge is 2.28. The summed E-state index contributed by atoms with van der Waals surface area (Å²) < 4.78 is 0. The molecular formula is C13H25N3O. The first-order valence-corrected chi connectivity index (χ1v) is 6.83. The Bertz CT molecular complexity index is 278. The second-order valence-corrected chi connectivity index (χ2v) is 5.72. The number of rotatable bonds is 4. The van der Waals surface area contributed by atoms with E-state index in [4.69, 9.17) is 0 Å². The monoisotopic (exact) mass is 239 g/mol. The topological polar surface area (TPSA) is 44.4 Å². The number of nitrogens with zero attached hydrogens (tertiary/aromatic N) is 1. The van der Waals surface area contributed by atoms with Crippen molar-refractivity contribution in [1.29, 1.82) is 0 Å². The van der Waals surface area contributed by atoms with E-state index in [2.05, 4.69) is 29.5 Å². The number of piperidine rings is 1. The molecule has 1 saturated carbocycles. The predicted octanol–water partition coefficient (Wildman–Crippen LogP) is 0.726. The van der Waals surface area contributed by atoms with E-state index in [9.17, 15) is 4.79 Å². The molecule has 2 aliphatic rings. The normalized spacial score (nSPS) is 32.2. The van der Waals surface area contributed by atoms with Crippen molar-refractivity contribution in [2.24, 2.45) is 0 Å². The minimum atomic E-state index is -0.0591. The number of carbonyl (C=O) groups excluding carboxylic acids is 1. The van der Waals surface area contributed by atoms with Gasteiger partial charge in [0.15, 0.2) is 0 Å². The highest BCUT2D eigenvalue weighted by atomic mass is 16.2. The van der Waals surface area contributed by atoms with Crippen LogP contribution in [0, 0.1) is 0 Å². The molecule has 1 aliphatic carbocycles. The summed E-state index contributed by atoms with van der Waals surface area (Å²) in [6.45, 7) is 5.35. The van der Waals surface area contributed by atoms with Gasteiger partial charge in [-0.3, -0.25) is 4.79 Å². The Hall–Kier alpha value is -0.610. The second-order valence-electron chi connectivity index (χ2n) is 5.72. The molecule has 1 heterocycles. The molecule has 1 aliphatic heterocycles. The van der Waals surface area contributed by atoms with E-state index in [-0.39, 0.29) is 11.9 Å².